The summed E-state index contributed by atoms with van der Waals surface area (Å²) in [5, 5.41) is 5.95. The van der Waals surface area contributed by atoms with Crippen molar-refractivity contribution in [2.75, 3.05) is 0 Å². The number of hydrogen-bond acceptors (Lipinski definition) is 0. The molecule has 0 N–H and O–H groups in total. The Morgan fingerprint density at radius 2 is 1.68 bits per heavy atom. The second kappa shape index (κ2) is 4.33. The average Bonchev–Trinajstić information content (AvgIpc) is 2.92. The fourth-order valence-corrected chi connectivity index (χ4v) is 7.72. The summed E-state index contributed by atoms with van der Waals surface area (Å²) < 4.78 is 4.91. The zero-order valence-electron chi connectivity index (χ0n) is 15.9. The van der Waals surface area contributed by atoms with Crippen molar-refractivity contribution in [2.24, 2.45) is 7.05 Å². The highest BCUT2D eigenvalue weighted by Crippen LogP contribution is 2.42. The van der Waals surface area contributed by atoms with Gasteiger partial charge in [0, 0.05) is 15.8 Å². The van der Waals surface area contributed by atoms with Crippen molar-refractivity contribution in [3.05, 3.63) is 53.9 Å². The fourth-order valence-electron chi connectivity index (χ4n) is 4.88. The maximum absolute atomic E-state index is 2.57. The number of benzene rings is 2. The maximum atomic E-state index is 2.57. The lowest BCUT2D eigenvalue weighted by Crippen LogP contribution is -2.60. The van der Waals surface area contributed by atoms with E-state index in [1.165, 1.54) is 38.6 Å². The molecule has 25 heavy (non-hydrogen) atoms. The molecule has 0 aliphatic carbocycles. The van der Waals surface area contributed by atoms with Crippen molar-refractivity contribution in [1.82, 2.24) is 4.40 Å². The molecule has 1 aliphatic heterocycles. The van der Waals surface area contributed by atoms with Gasteiger partial charge < -0.3 is 0 Å². The topological polar surface area (TPSA) is 8.29 Å². The highest BCUT2D eigenvalue weighted by molar-refractivity contribution is 6.93. The maximum Gasteiger partial charge on any atom is 0.294 e. The Morgan fingerprint density at radius 3 is 2.44 bits per heavy atom. The van der Waals surface area contributed by atoms with Crippen LogP contribution < -0.4 is 9.75 Å². The lowest BCUT2D eigenvalue weighted by atomic mass is 10.0. The van der Waals surface area contributed by atoms with E-state index in [1.54, 1.807) is 5.19 Å². The summed E-state index contributed by atoms with van der Waals surface area (Å²) in [6.07, 6.45) is 2.38. The molecule has 0 atom stereocenters. The number of aromatic nitrogens is 2. The Labute approximate surface area is 149 Å². The number of hydrogen-bond donors (Lipinski definition) is 0. The summed E-state index contributed by atoms with van der Waals surface area (Å²) in [6.45, 7) is 12.2. The molecule has 2 aromatic heterocycles. The van der Waals surface area contributed by atoms with Gasteiger partial charge in [0.1, 0.15) is 19.8 Å². The second-order valence-corrected chi connectivity index (χ2v) is 13.8. The smallest absolute Gasteiger partial charge is 0.232 e. The number of nitrogens with zero attached hydrogens (tertiary/aromatic N) is 2. The summed E-state index contributed by atoms with van der Waals surface area (Å²) in [5.41, 5.74) is 5.60. The Kier molecular flexibility index (Phi) is 2.63. The van der Waals surface area contributed by atoms with Gasteiger partial charge in [-0.1, -0.05) is 63.3 Å². The van der Waals surface area contributed by atoms with Gasteiger partial charge in [0.25, 0.3) is 5.65 Å². The van der Waals surface area contributed by atoms with Crippen LogP contribution in [0.25, 0.3) is 27.3 Å². The molecule has 2 aromatic carbocycles. The molecule has 5 rings (SSSR count). The first-order valence-electron chi connectivity index (χ1n) is 9.13. The van der Waals surface area contributed by atoms with Crippen LogP contribution in [0, 0.1) is 6.92 Å². The molecule has 0 fully saturated rings. The number of rotatable bonds is 0. The van der Waals surface area contributed by atoms with Crippen LogP contribution in [-0.4, -0.2) is 12.5 Å². The van der Waals surface area contributed by atoms with E-state index in [0.29, 0.717) is 0 Å². The van der Waals surface area contributed by atoms with Gasteiger partial charge in [0.15, 0.2) is 5.69 Å². The fraction of sp³-hybridized carbons (Fsp3) is 0.318. The van der Waals surface area contributed by atoms with Crippen molar-refractivity contribution in [3.63, 3.8) is 0 Å². The van der Waals surface area contributed by atoms with Gasteiger partial charge in [0.05, 0.1) is 12.4 Å². The molecule has 0 amide bonds. The SMILES string of the molecule is Cc1cccc2c3cccc4c3n3c(c[n+](C)c3c12)C(C)(C)[Si]4(C)C. The van der Waals surface area contributed by atoms with Crippen LogP contribution in [-0.2, 0) is 12.1 Å². The van der Waals surface area contributed by atoms with Gasteiger partial charge in [-0.15, -0.1) is 0 Å². The molecule has 0 spiro atoms. The first kappa shape index (κ1) is 15.1. The van der Waals surface area contributed by atoms with E-state index in [-0.39, 0.29) is 5.04 Å². The number of fused-ring (bicyclic) bond motifs is 3. The first-order chi connectivity index (χ1) is 11.8. The van der Waals surface area contributed by atoms with Crippen molar-refractivity contribution in [3.8, 4) is 0 Å². The number of imidazole rings is 1. The van der Waals surface area contributed by atoms with Crippen molar-refractivity contribution < 1.29 is 4.57 Å². The lowest BCUT2D eigenvalue weighted by Gasteiger charge is -2.41. The molecule has 0 unspecified atom stereocenters. The third-order valence-electron chi connectivity index (χ3n) is 7.03. The minimum absolute atomic E-state index is 0.189. The third-order valence-corrected chi connectivity index (χ3v) is 12.2. The van der Waals surface area contributed by atoms with E-state index < -0.39 is 8.07 Å². The summed E-state index contributed by atoms with van der Waals surface area (Å²) >= 11 is 0. The van der Waals surface area contributed by atoms with Crippen LogP contribution in [0.1, 0.15) is 25.1 Å². The minimum atomic E-state index is -1.67. The van der Waals surface area contributed by atoms with Gasteiger partial charge in [-0.3, -0.25) is 0 Å². The third kappa shape index (κ3) is 1.54. The molecule has 0 saturated heterocycles. The number of para-hydroxylation sites is 1. The average molecular weight is 346 g/mol. The van der Waals surface area contributed by atoms with E-state index >= 15 is 0 Å². The lowest BCUT2D eigenvalue weighted by molar-refractivity contribution is -0.643. The van der Waals surface area contributed by atoms with Crippen LogP contribution in [0.4, 0.5) is 0 Å². The normalized spacial score (nSPS) is 17.8. The highest BCUT2D eigenvalue weighted by Gasteiger charge is 2.51. The van der Waals surface area contributed by atoms with Crippen LogP contribution in [0.15, 0.2) is 42.6 Å². The second-order valence-electron chi connectivity index (χ2n) is 8.73. The molecule has 2 nitrogen and oxygen atoms in total. The van der Waals surface area contributed by atoms with Crippen LogP contribution in [0.5, 0.6) is 0 Å². The first-order valence-corrected chi connectivity index (χ1v) is 12.1. The largest absolute Gasteiger partial charge is 0.294 e. The molecule has 3 heteroatoms. The van der Waals surface area contributed by atoms with Gasteiger partial charge in [0.2, 0.25) is 0 Å². The Balaban J connectivity index is 2.25. The van der Waals surface area contributed by atoms with Gasteiger partial charge in [-0.25, -0.2) is 4.57 Å². The number of pyridine rings is 1. The van der Waals surface area contributed by atoms with Crippen LogP contribution in [0.3, 0.4) is 0 Å². The molecule has 0 saturated carbocycles. The standard InChI is InChI=1S/C22H25N2Si/c1-14-9-7-10-15-16-11-8-12-17-20(16)24-18(22(2,3)25(17,5)6)13-23(4)21(24)19(14)15/h7-13H,1-6H3/q+1. The predicted molar refractivity (Wildman–Crippen MR) is 108 cm³/mol. The molecular weight excluding hydrogens is 320 g/mol. The summed E-state index contributed by atoms with van der Waals surface area (Å²) in [6, 6.07) is 13.7. The molecule has 0 bridgehead atoms. The zero-order chi connectivity index (χ0) is 17.7. The van der Waals surface area contributed by atoms with E-state index in [9.17, 15) is 0 Å². The predicted octanol–water partition coefficient (Wildman–Crippen LogP) is 4.12. The molecule has 4 aromatic rings. The van der Waals surface area contributed by atoms with E-state index in [4.69, 9.17) is 0 Å². The monoisotopic (exact) mass is 345 g/mol. The Morgan fingerprint density at radius 1 is 1.00 bits per heavy atom. The molecule has 1 aliphatic rings. The summed E-state index contributed by atoms with van der Waals surface area (Å²) in [4.78, 5) is 0. The van der Waals surface area contributed by atoms with Gasteiger partial charge >= 0.3 is 0 Å². The molecule has 126 valence electrons. The molecular formula is C22H25N2Si+. The summed E-state index contributed by atoms with van der Waals surface area (Å²) in [7, 11) is 0.537. The van der Waals surface area contributed by atoms with Gasteiger partial charge in [-0.05, 0) is 17.7 Å². The van der Waals surface area contributed by atoms with Crippen molar-refractivity contribution >= 4 is 40.6 Å². The van der Waals surface area contributed by atoms with Crippen molar-refractivity contribution in [1.29, 1.82) is 0 Å². The van der Waals surface area contributed by atoms with E-state index in [0.717, 1.165) is 0 Å². The zero-order valence-corrected chi connectivity index (χ0v) is 16.9. The van der Waals surface area contributed by atoms with E-state index in [2.05, 4.69) is 92.5 Å². The van der Waals surface area contributed by atoms with Crippen LogP contribution in [0.2, 0.25) is 13.1 Å². The number of aryl methyl sites for hydroxylation is 2. The molecule has 3 heterocycles. The highest BCUT2D eigenvalue weighted by atomic mass is 28.3. The Bertz CT molecular complexity index is 1210. The van der Waals surface area contributed by atoms with Crippen LogP contribution >= 0.6 is 0 Å². The van der Waals surface area contributed by atoms with E-state index in [1.807, 2.05) is 0 Å². The Hall–Kier alpha value is -2.13. The minimum Gasteiger partial charge on any atom is -0.232 e. The van der Waals surface area contributed by atoms with Crippen molar-refractivity contribution in [2.45, 2.75) is 38.9 Å². The summed E-state index contributed by atoms with van der Waals surface area (Å²) in [5.74, 6) is 0. The molecule has 0 radical (unpaired) electrons. The van der Waals surface area contributed by atoms with Gasteiger partial charge in [-0.2, -0.15) is 4.40 Å². The quantitative estimate of drug-likeness (QED) is 0.257.